The fourth-order valence-electron chi connectivity index (χ4n) is 3.23. The van der Waals surface area contributed by atoms with Gasteiger partial charge < -0.3 is 9.47 Å². The number of carbonyl (C=O) groups excluding carboxylic acids is 1. The van der Waals surface area contributed by atoms with Crippen LogP contribution in [0, 0.1) is 11.6 Å². The number of sulfonamides is 1. The monoisotopic (exact) mass is 450 g/mol. The van der Waals surface area contributed by atoms with Crippen LogP contribution in [0.25, 0.3) is 11.0 Å². The lowest BCUT2D eigenvalue weighted by Gasteiger charge is -2.17. The molecule has 0 atom stereocenters. The topological polar surface area (TPSA) is 75.5 Å². The minimum absolute atomic E-state index is 0.150. The van der Waals surface area contributed by atoms with Crippen molar-refractivity contribution in [2.45, 2.75) is 24.3 Å². The number of hydrogen-bond acceptors (Lipinski definition) is 4. The van der Waals surface area contributed by atoms with E-state index >= 15 is 0 Å². The minimum atomic E-state index is -3.57. The van der Waals surface area contributed by atoms with E-state index in [1.54, 1.807) is 20.2 Å². The van der Waals surface area contributed by atoms with Crippen molar-refractivity contribution in [2.24, 2.45) is 7.05 Å². The van der Waals surface area contributed by atoms with Gasteiger partial charge in [-0.3, -0.25) is 4.79 Å². The number of imidazole rings is 1. The summed E-state index contributed by atoms with van der Waals surface area (Å²) in [6.45, 7) is 0.157. The van der Waals surface area contributed by atoms with Gasteiger partial charge in [0.15, 0.2) is 11.6 Å². The Morgan fingerprint density at radius 1 is 1.06 bits per heavy atom. The van der Waals surface area contributed by atoms with Gasteiger partial charge in [-0.1, -0.05) is 6.07 Å². The molecule has 0 unspecified atom stereocenters. The molecular weight excluding hydrogens is 426 g/mol. The van der Waals surface area contributed by atoms with Crippen LogP contribution >= 0.6 is 0 Å². The van der Waals surface area contributed by atoms with E-state index < -0.39 is 21.7 Å². The average molecular weight is 451 g/mol. The maximum absolute atomic E-state index is 13.4. The molecule has 0 saturated carbocycles. The Morgan fingerprint density at radius 3 is 2.42 bits per heavy atom. The highest BCUT2D eigenvalue weighted by molar-refractivity contribution is 7.89. The molecule has 0 fully saturated rings. The van der Waals surface area contributed by atoms with Crippen LogP contribution in [0.4, 0.5) is 8.78 Å². The third-order valence-corrected chi connectivity index (χ3v) is 6.93. The molecule has 0 aliphatic carbocycles. The van der Waals surface area contributed by atoms with Gasteiger partial charge in [0.1, 0.15) is 5.82 Å². The smallest absolute Gasteiger partial charge is 0.242 e. The van der Waals surface area contributed by atoms with Gasteiger partial charge in [-0.05, 0) is 35.9 Å². The lowest BCUT2D eigenvalue weighted by atomic mass is 10.2. The van der Waals surface area contributed by atoms with Gasteiger partial charge in [0, 0.05) is 47.6 Å². The Kier molecular flexibility index (Phi) is 6.42. The van der Waals surface area contributed by atoms with Crippen LogP contribution in [0.3, 0.4) is 0 Å². The predicted octanol–water partition coefficient (Wildman–Crippen LogP) is 2.69. The Labute approximate surface area is 180 Å². The zero-order valence-corrected chi connectivity index (χ0v) is 18.6. The number of benzene rings is 2. The van der Waals surface area contributed by atoms with E-state index in [1.807, 2.05) is 4.57 Å². The summed E-state index contributed by atoms with van der Waals surface area (Å²) in [5, 5.41) is 0. The summed E-state index contributed by atoms with van der Waals surface area (Å²) in [6, 6.07) is 8.29. The third-order valence-electron chi connectivity index (χ3n) is 5.12. The van der Waals surface area contributed by atoms with Crippen LogP contribution in [0.1, 0.15) is 17.8 Å². The molecule has 7 nitrogen and oxygen atoms in total. The molecule has 10 heteroatoms. The highest BCUT2D eigenvalue weighted by Crippen LogP contribution is 2.22. The van der Waals surface area contributed by atoms with Crippen molar-refractivity contribution in [3.05, 3.63) is 59.4 Å². The Hall–Kier alpha value is -2.85. The van der Waals surface area contributed by atoms with Gasteiger partial charge in [0.2, 0.25) is 15.9 Å². The molecular formula is C21H24F2N4O3S. The second-order valence-corrected chi connectivity index (χ2v) is 9.68. The number of carbonyl (C=O) groups is 1. The first-order valence-corrected chi connectivity index (χ1v) is 11.0. The van der Waals surface area contributed by atoms with Crippen molar-refractivity contribution >= 4 is 27.0 Å². The maximum atomic E-state index is 13.4. The quantitative estimate of drug-likeness (QED) is 0.555. The van der Waals surface area contributed by atoms with Gasteiger partial charge >= 0.3 is 0 Å². The van der Waals surface area contributed by atoms with Crippen LogP contribution < -0.4 is 0 Å². The molecule has 0 saturated heterocycles. The van der Waals surface area contributed by atoms with E-state index in [0.29, 0.717) is 23.3 Å². The molecule has 0 N–H and O–H groups in total. The van der Waals surface area contributed by atoms with Gasteiger partial charge in [0.25, 0.3) is 0 Å². The highest BCUT2D eigenvalue weighted by Gasteiger charge is 2.19. The van der Waals surface area contributed by atoms with Crippen molar-refractivity contribution in [3.8, 4) is 0 Å². The van der Waals surface area contributed by atoms with Gasteiger partial charge in [-0.2, -0.15) is 0 Å². The summed E-state index contributed by atoms with van der Waals surface area (Å²) in [6.07, 6.45) is 0.516. The molecule has 3 aromatic rings. The molecule has 2 aromatic carbocycles. The zero-order valence-electron chi connectivity index (χ0n) is 17.8. The Bertz CT molecular complexity index is 1240. The molecule has 0 bridgehead atoms. The second kappa shape index (κ2) is 8.72. The number of aryl methyl sites for hydroxylation is 2. The molecule has 0 aliphatic rings. The molecule has 31 heavy (non-hydrogen) atoms. The summed E-state index contributed by atoms with van der Waals surface area (Å²) < 4.78 is 54.1. The number of aromatic nitrogens is 2. The van der Waals surface area contributed by atoms with Crippen molar-refractivity contribution in [2.75, 3.05) is 21.1 Å². The number of fused-ring (bicyclic) bond motifs is 1. The van der Waals surface area contributed by atoms with Crippen LogP contribution in [0.5, 0.6) is 0 Å². The summed E-state index contributed by atoms with van der Waals surface area (Å²) >= 11 is 0. The van der Waals surface area contributed by atoms with E-state index in [-0.39, 0.29) is 23.8 Å². The molecule has 1 amide bonds. The van der Waals surface area contributed by atoms with Crippen LogP contribution in [-0.2, 0) is 34.8 Å². The number of hydrogen-bond donors (Lipinski definition) is 0. The van der Waals surface area contributed by atoms with Crippen LogP contribution in [-0.4, -0.2) is 54.2 Å². The second-order valence-electron chi connectivity index (χ2n) is 7.52. The molecule has 166 valence electrons. The first-order valence-electron chi connectivity index (χ1n) is 9.56. The number of nitrogens with zero attached hydrogens (tertiary/aromatic N) is 4. The summed E-state index contributed by atoms with van der Waals surface area (Å²) in [4.78, 5) is 18.6. The van der Waals surface area contributed by atoms with Gasteiger partial charge in [-0.15, -0.1) is 0 Å². The zero-order chi connectivity index (χ0) is 22.9. The van der Waals surface area contributed by atoms with E-state index in [9.17, 15) is 22.0 Å². The lowest BCUT2D eigenvalue weighted by molar-refractivity contribution is -0.130. The molecule has 1 heterocycles. The maximum Gasteiger partial charge on any atom is 0.242 e. The standard InChI is InChI=1S/C21H24F2N4O3S/c1-25(2)31(29,30)15-6-8-19-18(12-15)24-20(27(19)4)9-10-21(28)26(3)13-14-5-7-16(22)17(23)11-14/h5-8,11-12H,9-10,13H2,1-4H3. The normalized spacial score (nSPS) is 12.0. The Morgan fingerprint density at radius 2 is 1.77 bits per heavy atom. The van der Waals surface area contributed by atoms with Crippen molar-refractivity contribution in [1.82, 2.24) is 18.8 Å². The summed E-state index contributed by atoms with van der Waals surface area (Å²) in [7, 11) is 2.76. The number of amides is 1. The van der Waals surface area contributed by atoms with Gasteiger partial charge in [0.05, 0.1) is 15.9 Å². The molecule has 1 aromatic heterocycles. The molecule has 0 radical (unpaired) electrons. The first kappa shape index (κ1) is 22.8. The fraction of sp³-hybridized carbons (Fsp3) is 0.333. The first-order chi connectivity index (χ1) is 14.5. The Balaban J connectivity index is 1.72. The van der Waals surface area contributed by atoms with E-state index in [4.69, 9.17) is 0 Å². The highest BCUT2D eigenvalue weighted by atomic mass is 32.2. The van der Waals surface area contributed by atoms with E-state index in [2.05, 4.69) is 4.98 Å². The van der Waals surface area contributed by atoms with Crippen molar-refractivity contribution in [1.29, 1.82) is 0 Å². The van der Waals surface area contributed by atoms with Gasteiger partial charge in [-0.25, -0.2) is 26.5 Å². The van der Waals surface area contributed by atoms with Crippen LogP contribution in [0.2, 0.25) is 0 Å². The summed E-state index contributed by atoms with van der Waals surface area (Å²) in [5.41, 5.74) is 1.78. The van der Waals surface area contributed by atoms with Crippen LogP contribution in [0.15, 0.2) is 41.3 Å². The predicted molar refractivity (Wildman–Crippen MR) is 113 cm³/mol. The lowest BCUT2D eigenvalue weighted by Crippen LogP contribution is -2.26. The fourth-order valence-corrected chi connectivity index (χ4v) is 4.16. The molecule has 0 aliphatic heterocycles. The minimum Gasteiger partial charge on any atom is -0.341 e. The SMILES string of the molecule is CN(Cc1ccc(F)c(F)c1)C(=O)CCc1nc2cc(S(=O)(=O)N(C)C)ccc2n1C. The molecule has 0 spiro atoms. The van der Waals surface area contributed by atoms with Crippen molar-refractivity contribution in [3.63, 3.8) is 0 Å². The van der Waals surface area contributed by atoms with E-state index in [0.717, 1.165) is 22.0 Å². The largest absolute Gasteiger partial charge is 0.341 e. The molecule has 3 rings (SSSR count). The van der Waals surface area contributed by atoms with E-state index in [1.165, 1.54) is 37.2 Å². The number of halogens is 2. The average Bonchev–Trinajstić information content (AvgIpc) is 3.03. The van der Waals surface area contributed by atoms with Crippen molar-refractivity contribution < 1.29 is 22.0 Å². The number of rotatable bonds is 7. The third kappa shape index (κ3) is 4.75. The summed E-state index contributed by atoms with van der Waals surface area (Å²) in [5.74, 6) is -1.41.